The molecule has 0 aromatic heterocycles. The lowest BCUT2D eigenvalue weighted by Gasteiger charge is -2.04. The van der Waals surface area contributed by atoms with Crippen LogP contribution in [0.1, 0.15) is 13.8 Å². The van der Waals surface area contributed by atoms with Gasteiger partial charge in [-0.3, -0.25) is 0 Å². The fraction of sp³-hybridized carbons (Fsp3) is 0.667. The van der Waals surface area contributed by atoms with Crippen molar-refractivity contribution in [3.63, 3.8) is 0 Å². The first kappa shape index (κ1) is 9.82. The van der Waals surface area contributed by atoms with Gasteiger partial charge in [-0.05, 0) is 5.92 Å². The number of rotatable bonds is 1. The number of hydrogen-bond acceptors (Lipinski definition) is 0. The first-order valence-electron chi connectivity index (χ1n) is 2.78. The Morgan fingerprint density at radius 2 is 1.80 bits per heavy atom. The van der Waals surface area contributed by atoms with E-state index in [0.717, 1.165) is 0 Å². The minimum atomic E-state index is -4.29. The van der Waals surface area contributed by atoms with Crippen molar-refractivity contribution >= 4 is 11.6 Å². The zero-order valence-electron chi connectivity index (χ0n) is 5.67. The molecule has 0 aliphatic carbocycles. The molecule has 0 aromatic rings. The molecular weight excluding hydrogens is 165 g/mol. The van der Waals surface area contributed by atoms with Crippen LogP contribution in [0.25, 0.3) is 0 Å². The highest BCUT2D eigenvalue weighted by Gasteiger charge is 2.24. The Hall–Kier alpha value is -0.180. The molecule has 0 radical (unpaired) electrons. The van der Waals surface area contributed by atoms with Crippen molar-refractivity contribution in [1.82, 2.24) is 0 Å². The van der Waals surface area contributed by atoms with E-state index in [2.05, 4.69) is 0 Å². The van der Waals surface area contributed by atoms with Crippen molar-refractivity contribution in [2.75, 3.05) is 0 Å². The molecule has 0 unspecified atom stereocenters. The molecule has 0 saturated heterocycles. The summed E-state index contributed by atoms with van der Waals surface area (Å²) in [5.41, 5.74) is 0. The van der Waals surface area contributed by atoms with Gasteiger partial charge >= 0.3 is 6.18 Å². The molecule has 0 bridgehead atoms. The predicted molar refractivity (Wildman–Crippen MR) is 34.8 cm³/mol. The normalized spacial score (nSPS) is 14.5. The fourth-order valence-electron chi connectivity index (χ4n) is 0.323. The lowest BCUT2D eigenvalue weighted by atomic mass is 10.2. The zero-order valence-corrected chi connectivity index (χ0v) is 6.42. The van der Waals surface area contributed by atoms with Gasteiger partial charge in [-0.2, -0.15) is 13.2 Å². The molecule has 10 heavy (non-hydrogen) atoms. The van der Waals surface area contributed by atoms with Crippen molar-refractivity contribution < 1.29 is 13.2 Å². The molecule has 0 saturated carbocycles. The van der Waals surface area contributed by atoms with Crippen LogP contribution >= 0.6 is 11.6 Å². The number of hydrogen-bond donors (Lipinski definition) is 0. The molecule has 0 aliphatic heterocycles. The molecule has 0 aliphatic rings. The van der Waals surface area contributed by atoms with E-state index in [4.69, 9.17) is 11.6 Å². The molecule has 0 heterocycles. The first-order chi connectivity index (χ1) is 4.33. The zero-order chi connectivity index (χ0) is 8.36. The highest BCUT2D eigenvalue weighted by Crippen LogP contribution is 2.23. The van der Waals surface area contributed by atoms with Crippen LogP contribution < -0.4 is 0 Å². The van der Waals surface area contributed by atoms with E-state index < -0.39 is 6.18 Å². The Balaban J connectivity index is 4.17. The van der Waals surface area contributed by atoms with E-state index in [1.54, 1.807) is 13.8 Å². The Bertz CT molecular complexity index is 134. The van der Waals surface area contributed by atoms with Crippen LogP contribution in [0, 0.1) is 5.92 Å². The van der Waals surface area contributed by atoms with E-state index in [-0.39, 0.29) is 17.0 Å². The van der Waals surface area contributed by atoms with E-state index in [1.807, 2.05) is 0 Å². The third kappa shape index (κ3) is 4.68. The quantitative estimate of drug-likeness (QED) is 0.569. The summed E-state index contributed by atoms with van der Waals surface area (Å²) < 4.78 is 34.5. The highest BCUT2D eigenvalue weighted by atomic mass is 35.5. The second kappa shape index (κ2) is 3.28. The van der Waals surface area contributed by atoms with Crippen LogP contribution in [-0.2, 0) is 0 Å². The standard InChI is InChI=1S/C6H8ClF3/c1-4(2)5(7)3-6(8,9)10/h3-4H,1-2H3/b5-3-. The number of halogens is 4. The molecule has 0 atom stereocenters. The highest BCUT2D eigenvalue weighted by molar-refractivity contribution is 6.29. The van der Waals surface area contributed by atoms with Gasteiger partial charge in [-0.15, -0.1) is 0 Å². The second-order valence-electron chi connectivity index (χ2n) is 2.23. The summed E-state index contributed by atoms with van der Waals surface area (Å²) in [6.45, 7) is 3.20. The van der Waals surface area contributed by atoms with Gasteiger partial charge in [-0.1, -0.05) is 25.4 Å². The molecule has 0 N–H and O–H groups in total. The maximum Gasteiger partial charge on any atom is 0.410 e. The Labute approximate surface area is 62.7 Å². The topological polar surface area (TPSA) is 0 Å². The third-order valence-corrected chi connectivity index (χ3v) is 1.40. The van der Waals surface area contributed by atoms with E-state index >= 15 is 0 Å². The molecule has 0 spiro atoms. The van der Waals surface area contributed by atoms with E-state index in [9.17, 15) is 13.2 Å². The summed E-state index contributed by atoms with van der Waals surface area (Å²) in [5, 5.41) is -0.160. The summed E-state index contributed by atoms with van der Waals surface area (Å²) in [4.78, 5) is 0. The van der Waals surface area contributed by atoms with Crippen molar-refractivity contribution in [2.45, 2.75) is 20.0 Å². The maximum atomic E-state index is 11.5. The van der Waals surface area contributed by atoms with Crippen LogP contribution in [0.15, 0.2) is 11.1 Å². The lowest BCUT2D eigenvalue weighted by Crippen LogP contribution is -2.03. The molecule has 0 aromatic carbocycles. The van der Waals surface area contributed by atoms with Crippen LogP contribution in [0.4, 0.5) is 13.2 Å². The second-order valence-corrected chi connectivity index (χ2v) is 2.66. The summed E-state index contributed by atoms with van der Waals surface area (Å²) in [6, 6.07) is 0. The van der Waals surface area contributed by atoms with Crippen LogP contribution in [0.3, 0.4) is 0 Å². The average Bonchev–Trinajstić information content (AvgIpc) is 1.60. The van der Waals surface area contributed by atoms with E-state index in [0.29, 0.717) is 0 Å². The van der Waals surface area contributed by atoms with E-state index in [1.165, 1.54) is 0 Å². The smallest absolute Gasteiger partial charge is 0.167 e. The van der Waals surface area contributed by atoms with Gasteiger partial charge in [0.2, 0.25) is 0 Å². The molecular formula is C6H8ClF3. The van der Waals surface area contributed by atoms with Gasteiger partial charge < -0.3 is 0 Å². The Morgan fingerprint density at radius 1 is 1.40 bits per heavy atom. The van der Waals surface area contributed by atoms with Crippen LogP contribution in [0.2, 0.25) is 0 Å². The molecule has 60 valence electrons. The van der Waals surface area contributed by atoms with Gasteiger partial charge in [-0.25, -0.2) is 0 Å². The lowest BCUT2D eigenvalue weighted by molar-refractivity contribution is -0.0804. The largest absolute Gasteiger partial charge is 0.410 e. The maximum absolute atomic E-state index is 11.5. The summed E-state index contributed by atoms with van der Waals surface area (Å²) in [7, 11) is 0. The molecule has 0 amide bonds. The van der Waals surface area contributed by atoms with Crippen molar-refractivity contribution in [1.29, 1.82) is 0 Å². The molecule has 0 nitrogen and oxygen atoms in total. The van der Waals surface area contributed by atoms with Gasteiger partial charge in [0.05, 0.1) is 0 Å². The van der Waals surface area contributed by atoms with Gasteiger partial charge in [0.15, 0.2) is 0 Å². The Kier molecular flexibility index (Phi) is 3.22. The summed E-state index contributed by atoms with van der Waals surface area (Å²) in [5.74, 6) is -0.261. The SMILES string of the molecule is CC(C)/C(Cl)=C/C(F)(F)F. The summed E-state index contributed by atoms with van der Waals surface area (Å²) in [6.07, 6.45) is -4.18. The first-order valence-corrected chi connectivity index (χ1v) is 3.15. The summed E-state index contributed by atoms with van der Waals surface area (Å²) >= 11 is 5.24. The predicted octanol–water partition coefficient (Wildman–Crippen LogP) is 3.33. The molecule has 0 fully saturated rings. The number of allylic oxidation sites excluding steroid dienone is 2. The minimum absolute atomic E-state index is 0.110. The van der Waals surface area contributed by atoms with Crippen molar-refractivity contribution in [2.24, 2.45) is 5.92 Å². The Morgan fingerprint density at radius 3 is 1.90 bits per heavy atom. The minimum Gasteiger partial charge on any atom is -0.167 e. The van der Waals surface area contributed by atoms with Crippen molar-refractivity contribution in [3.05, 3.63) is 11.1 Å². The van der Waals surface area contributed by atoms with Crippen LogP contribution in [0.5, 0.6) is 0 Å². The average molecular weight is 173 g/mol. The van der Waals surface area contributed by atoms with Gasteiger partial charge in [0, 0.05) is 11.1 Å². The van der Waals surface area contributed by atoms with Gasteiger partial charge in [0.1, 0.15) is 0 Å². The third-order valence-electron chi connectivity index (χ3n) is 0.853. The molecule has 4 heteroatoms. The fourth-order valence-corrected chi connectivity index (χ4v) is 0.447. The van der Waals surface area contributed by atoms with Gasteiger partial charge in [0.25, 0.3) is 0 Å². The number of alkyl halides is 3. The van der Waals surface area contributed by atoms with Crippen molar-refractivity contribution in [3.8, 4) is 0 Å². The van der Waals surface area contributed by atoms with Crippen LogP contribution in [-0.4, -0.2) is 6.18 Å². The molecule has 0 rings (SSSR count). The monoisotopic (exact) mass is 172 g/mol.